The highest BCUT2D eigenvalue weighted by Gasteiger charge is 2.17. The number of aliphatic hydroxyl groups is 1. The Morgan fingerprint density at radius 1 is 1.50 bits per heavy atom. The van der Waals surface area contributed by atoms with Crippen molar-refractivity contribution in [3.63, 3.8) is 0 Å². The summed E-state index contributed by atoms with van der Waals surface area (Å²) < 4.78 is 15.2. The molecule has 1 heterocycles. The van der Waals surface area contributed by atoms with Crippen LogP contribution in [0.2, 0.25) is 5.02 Å². The largest absolute Gasteiger partial charge is 0.386 e. The van der Waals surface area contributed by atoms with Crippen molar-refractivity contribution < 1.29 is 9.50 Å². The first-order valence-electron chi connectivity index (χ1n) is 5.60. The van der Waals surface area contributed by atoms with Crippen molar-refractivity contribution >= 4 is 11.6 Å². The van der Waals surface area contributed by atoms with Crippen molar-refractivity contribution in [2.75, 3.05) is 0 Å². The molecule has 0 amide bonds. The monoisotopic (exact) mass is 268 g/mol. The minimum absolute atomic E-state index is 0.129. The van der Waals surface area contributed by atoms with E-state index in [9.17, 15) is 9.50 Å². The lowest BCUT2D eigenvalue weighted by Crippen LogP contribution is -2.09. The molecule has 18 heavy (non-hydrogen) atoms. The Kier molecular flexibility index (Phi) is 3.68. The minimum Gasteiger partial charge on any atom is -0.386 e. The van der Waals surface area contributed by atoms with Gasteiger partial charge in [-0.1, -0.05) is 17.7 Å². The molecule has 1 N–H and O–H groups in total. The molecule has 5 heteroatoms. The first-order valence-corrected chi connectivity index (χ1v) is 5.98. The number of hydrogen-bond acceptors (Lipinski definition) is 2. The third kappa shape index (κ3) is 2.54. The van der Waals surface area contributed by atoms with E-state index in [0.717, 1.165) is 5.69 Å². The fraction of sp³-hybridized carbons (Fsp3) is 0.308. The van der Waals surface area contributed by atoms with Gasteiger partial charge in [0, 0.05) is 24.1 Å². The molecule has 0 saturated carbocycles. The predicted octanol–water partition coefficient (Wildman–Crippen LogP) is 2.80. The molecular weight excluding hydrogens is 255 g/mol. The van der Waals surface area contributed by atoms with E-state index in [-0.39, 0.29) is 6.42 Å². The van der Waals surface area contributed by atoms with Gasteiger partial charge in [0.2, 0.25) is 0 Å². The summed E-state index contributed by atoms with van der Waals surface area (Å²) in [6.07, 6.45) is -0.699. The molecule has 0 bridgehead atoms. The summed E-state index contributed by atoms with van der Waals surface area (Å²) in [6.45, 7) is 1.84. The molecule has 0 spiro atoms. The van der Waals surface area contributed by atoms with Crippen molar-refractivity contribution in [1.29, 1.82) is 0 Å². The summed E-state index contributed by atoms with van der Waals surface area (Å²) in [6, 6.07) is 6.27. The van der Waals surface area contributed by atoms with E-state index in [1.807, 2.05) is 6.92 Å². The zero-order chi connectivity index (χ0) is 13.3. The molecule has 2 aromatic rings. The molecule has 0 radical (unpaired) electrons. The summed E-state index contributed by atoms with van der Waals surface area (Å²) in [7, 11) is 1.74. The first kappa shape index (κ1) is 13.1. The van der Waals surface area contributed by atoms with Crippen molar-refractivity contribution in [2.24, 2.45) is 7.05 Å². The van der Waals surface area contributed by atoms with Crippen LogP contribution in [0.3, 0.4) is 0 Å². The van der Waals surface area contributed by atoms with Crippen LogP contribution in [0.1, 0.15) is 23.1 Å². The molecule has 1 atom stereocenters. The Morgan fingerprint density at radius 2 is 2.22 bits per heavy atom. The highest BCUT2D eigenvalue weighted by Crippen LogP contribution is 2.25. The van der Waals surface area contributed by atoms with Gasteiger partial charge in [-0.05, 0) is 25.1 Å². The summed E-state index contributed by atoms with van der Waals surface area (Å²) >= 11 is 5.93. The smallest absolute Gasteiger partial charge is 0.127 e. The summed E-state index contributed by atoms with van der Waals surface area (Å²) in [5.41, 5.74) is 1.78. The molecule has 1 unspecified atom stereocenters. The molecular formula is C13H14ClFN2O. The maximum absolute atomic E-state index is 13.6. The molecule has 0 aliphatic heterocycles. The lowest BCUT2D eigenvalue weighted by Gasteiger charge is -2.12. The van der Waals surface area contributed by atoms with Gasteiger partial charge in [-0.3, -0.25) is 4.68 Å². The van der Waals surface area contributed by atoms with Crippen LogP contribution in [-0.2, 0) is 13.5 Å². The first-order chi connectivity index (χ1) is 8.49. The molecule has 1 aromatic heterocycles. The lowest BCUT2D eigenvalue weighted by molar-refractivity contribution is 0.167. The topological polar surface area (TPSA) is 38.0 Å². The Hall–Kier alpha value is -1.39. The highest BCUT2D eigenvalue weighted by atomic mass is 35.5. The third-order valence-corrected chi connectivity index (χ3v) is 3.19. The maximum atomic E-state index is 13.6. The van der Waals surface area contributed by atoms with Gasteiger partial charge in [0.15, 0.2) is 0 Å². The summed E-state index contributed by atoms with van der Waals surface area (Å²) in [5.74, 6) is -0.402. The minimum atomic E-state index is -0.828. The van der Waals surface area contributed by atoms with Crippen molar-refractivity contribution in [2.45, 2.75) is 19.4 Å². The molecule has 0 fully saturated rings. The summed E-state index contributed by atoms with van der Waals surface area (Å²) in [4.78, 5) is 0. The zero-order valence-corrected chi connectivity index (χ0v) is 10.9. The highest BCUT2D eigenvalue weighted by molar-refractivity contribution is 6.31. The van der Waals surface area contributed by atoms with Crippen molar-refractivity contribution in [1.82, 2.24) is 9.78 Å². The third-order valence-electron chi connectivity index (χ3n) is 2.84. The van der Waals surface area contributed by atoms with E-state index < -0.39 is 11.9 Å². The Bertz CT molecular complexity index is 548. The number of rotatable bonds is 3. The van der Waals surface area contributed by atoms with Crippen LogP contribution in [0.4, 0.5) is 4.39 Å². The molecule has 0 aliphatic rings. The van der Waals surface area contributed by atoms with Gasteiger partial charge in [-0.25, -0.2) is 4.39 Å². The molecule has 3 nitrogen and oxygen atoms in total. The number of aliphatic hydroxyl groups excluding tert-OH is 1. The molecule has 2 rings (SSSR count). The van der Waals surface area contributed by atoms with E-state index in [2.05, 4.69) is 5.10 Å². The number of nitrogens with zero attached hydrogens (tertiary/aromatic N) is 2. The SMILES string of the molecule is Cc1cc(C(O)Cc2c(F)cccc2Cl)n(C)n1. The second kappa shape index (κ2) is 5.08. The zero-order valence-electron chi connectivity index (χ0n) is 10.2. The molecule has 1 aromatic carbocycles. The fourth-order valence-corrected chi connectivity index (χ4v) is 2.21. The molecule has 0 saturated heterocycles. The van der Waals surface area contributed by atoms with Crippen LogP contribution in [0.5, 0.6) is 0 Å². The van der Waals surface area contributed by atoms with Gasteiger partial charge in [-0.2, -0.15) is 5.10 Å². The van der Waals surface area contributed by atoms with Gasteiger partial charge in [0.25, 0.3) is 0 Å². The maximum Gasteiger partial charge on any atom is 0.127 e. The Balaban J connectivity index is 2.26. The predicted molar refractivity (Wildman–Crippen MR) is 68.0 cm³/mol. The van der Waals surface area contributed by atoms with Gasteiger partial charge in [0.05, 0.1) is 17.5 Å². The number of aromatic nitrogens is 2. The standard InChI is InChI=1S/C13H14ClFN2O/c1-8-6-12(17(2)16-8)13(18)7-9-10(14)4-3-5-11(9)15/h3-6,13,18H,7H2,1-2H3. The van der Waals surface area contributed by atoms with E-state index >= 15 is 0 Å². The van der Waals surface area contributed by atoms with Gasteiger partial charge < -0.3 is 5.11 Å². The van der Waals surface area contributed by atoms with Crippen LogP contribution in [0, 0.1) is 12.7 Å². The summed E-state index contributed by atoms with van der Waals surface area (Å²) in [5, 5.41) is 14.6. The fourth-order valence-electron chi connectivity index (χ4n) is 1.97. The van der Waals surface area contributed by atoms with Gasteiger partial charge in [-0.15, -0.1) is 0 Å². The second-order valence-electron chi connectivity index (χ2n) is 4.25. The van der Waals surface area contributed by atoms with Crippen LogP contribution in [0.15, 0.2) is 24.3 Å². The molecule has 96 valence electrons. The van der Waals surface area contributed by atoms with Gasteiger partial charge >= 0.3 is 0 Å². The van der Waals surface area contributed by atoms with E-state index in [4.69, 9.17) is 11.6 Å². The Labute approximate surface area is 110 Å². The van der Waals surface area contributed by atoms with E-state index in [0.29, 0.717) is 16.3 Å². The Morgan fingerprint density at radius 3 is 2.78 bits per heavy atom. The van der Waals surface area contributed by atoms with Crippen molar-refractivity contribution in [3.05, 3.63) is 52.1 Å². The van der Waals surface area contributed by atoms with Gasteiger partial charge in [0.1, 0.15) is 5.82 Å². The van der Waals surface area contributed by atoms with Crippen LogP contribution in [0.25, 0.3) is 0 Å². The average Bonchev–Trinajstić information content (AvgIpc) is 2.63. The lowest BCUT2D eigenvalue weighted by atomic mass is 10.0. The normalized spacial score (nSPS) is 12.7. The number of benzene rings is 1. The van der Waals surface area contributed by atoms with Crippen molar-refractivity contribution in [3.8, 4) is 0 Å². The molecule has 0 aliphatic carbocycles. The van der Waals surface area contributed by atoms with E-state index in [1.54, 1.807) is 29.9 Å². The van der Waals surface area contributed by atoms with Crippen LogP contribution in [-0.4, -0.2) is 14.9 Å². The number of hydrogen-bond donors (Lipinski definition) is 1. The quantitative estimate of drug-likeness (QED) is 0.930. The average molecular weight is 269 g/mol. The second-order valence-corrected chi connectivity index (χ2v) is 4.66. The number of halogens is 2. The number of aryl methyl sites for hydroxylation is 2. The van der Waals surface area contributed by atoms with E-state index in [1.165, 1.54) is 6.07 Å². The van der Waals surface area contributed by atoms with Crippen LogP contribution >= 0.6 is 11.6 Å². The van der Waals surface area contributed by atoms with Crippen LogP contribution < -0.4 is 0 Å².